The maximum atomic E-state index is 14.2. The molecule has 2 saturated heterocycles. The summed E-state index contributed by atoms with van der Waals surface area (Å²) < 4.78 is 0. The van der Waals surface area contributed by atoms with E-state index in [4.69, 9.17) is 10.6 Å². The molecule has 2 atom stereocenters. The second-order valence-electron chi connectivity index (χ2n) is 12.4. The highest BCUT2D eigenvalue weighted by Gasteiger charge is 2.54. The summed E-state index contributed by atoms with van der Waals surface area (Å²) in [5, 5.41) is 18.5. The molecule has 0 spiro atoms. The Bertz CT molecular complexity index is 2070. The number of carbonyl (C=O) groups excluding carboxylic acids is 3. The Morgan fingerprint density at radius 2 is 1.62 bits per heavy atom. The Labute approximate surface area is 313 Å². The van der Waals surface area contributed by atoms with Crippen molar-refractivity contribution in [1.82, 2.24) is 20.1 Å². The van der Waals surface area contributed by atoms with Gasteiger partial charge in [0.15, 0.2) is 10.8 Å². The SMILES string of the molecule is C=CCN1CCC(=CC2=C(C(=O)O)N3C(=O)[C@@H](NC(=O)C(=NOC(c4ccccc4)(c4ccccc4)c4ccccc4)c4csc(N)n4)[C@H]3SC2)C1=O. The number of nitrogens with zero attached hydrogens (tertiary/aromatic N) is 4. The molecule has 4 aromatic rings. The van der Waals surface area contributed by atoms with Gasteiger partial charge in [-0.1, -0.05) is 102 Å². The van der Waals surface area contributed by atoms with Crippen molar-refractivity contribution in [3.8, 4) is 0 Å². The maximum absolute atomic E-state index is 14.2. The second kappa shape index (κ2) is 14.9. The van der Waals surface area contributed by atoms with Crippen molar-refractivity contribution in [2.45, 2.75) is 23.4 Å². The fourth-order valence-corrected chi connectivity index (χ4v) is 8.55. The molecule has 3 amide bonds. The van der Waals surface area contributed by atoms with Gasteiger partial charge in [0.1, 0.15) is 22.8 Å². The van der Waals surface area contributed by atoms with Crippen molar-refractivity contribution >= 4 is 57.6 Å². The van der Waals surface area contributed by atoms with E-state index in [-0.39, 0.29) is 33.9 Å². The smallest absolute Gasteiger partial charge is 0.352 e. The molecule has 1 aromatic heterocycles. The van der Waals surface area contributed by atoms with Gasteiger partial charge in [-0.2, -0.15) is 0 Å². The van der Waals surface area contributed by atoms with E-state index in [1.807, 2.05) is 91.0 Å². The Morgan fingerprint density at radius 1 is 1.02 bits per heavy atom. The first-order valence-electron chi connectivity index (χ1n) is 16.7. The van der Waals surface area contributed by atoms with Crippen LogP contribution in [-0.2, 0) is 29.6 Å². The number of carboxylic acids is 1. The van der Waals surface area contributed by atoms with Crippen molar-refractivity contribution in [2.24, 2.45) is 5.16 Å². The largest absolute Gasteiger partial charge is 0.477 e. The van der Waals surface area contributed by atoms with Crippen molar-refractivity contribution in [1.29, 1.82) is 0 Å². The highest BCUT2D eigenvalue weighted by molar-refractivity contribution is 8.00. The number of nitrogens with two attached hydrogens (primary N) is 1. The Hall–Kier alpha value is -5.99. The van der Waals surface area contributed by atoms with E-state index in [1.54, 1.807) is 22.4 Å². The molecule has 12 nitrogen and oxygen atoms in total. The lowest BCUT2D eigenvalue weighted by Gasteiger charge is -2.49. The van der Waals surface area contributed by atoms with E-state index in [0.717, 1.165) is 32.9 Å². The first-order chi connectivity index (χ1) is 25.7. The van der Waals surface area contributed by atoms with E-state index in [9.17, 15) is 24.3 Å². The number of fused-ring (bicyclic) bond motifs is 1. The van der Waals surface area contributed by atoms with Gasteiger partial charge in [-0.3, -0.25) is 19.3 Å². The summed E-state index contributed by atoms with van der Waals surface area (Å²) in [4.78, 5) is 66.9. The predicted octanol–water partition coefficient (Wildman–Crippen LogP) is 4.52. The van der Waals surface area contributed by atoms with Crippen LogP contribution < -0.4 is 11.1 Å². The molecular formula is C39H34N6O6S2. The molecule has 4 N–H and O–H groups in total. The zero-order valence-electron chi connectivity index (χ0n) is 28.3. The molecule has 14 heteroatoms. The summed E-state index contributed by atoms with van der Waals surface area (Å²) in [6, 6.07) is 27.4. The van der Waals surface area contributed by atoms with Gasteiger partial charge in [-0.05, 0) is 18.1 Å². The number of aromatic nitrogens is 1. The molecule has 3 aliphatic rings. The number of anilines is 1. The summed E-state index contributed by atoms with van der Waals surface area (Å²) in [5.41, 5.74) is 7.44. The number of hydrogen-bond acceptors (Lipinski definition) is 10. The average molecular weight is 747 g/mol. The van der Waals surface area contributed by atoms with Crippen LogP contribution in [0.4, 0.5) is 5.13 Å². The zero-order valence-corrected chi connectivity index (χ0v) is 29.9. The fourth-order valence-electron chi connectivity index (χ4n) is 6.70. The predicted molar refractivity (Wildman–Crippen MR) is 203 cm³/mol. The highest BCUT2D eigenvalue weighted by Crippen LogP contribution is 2.43. The van der Waals surface area contributed by atoms with Crippen molar-refractivity contribution in [3.05, 3.63) is 154 Å². The molecule has 3 aromatic carbocycles. The van der Waals surface area contributed by atoms with Crippen molar-refractivity contribution < 1.29 is 29.1 Å². The van der Waals surface area contributed by atoms with Gasteiger partial charge in [-0.15, -0.1) is 29.7 Å². The molecule has 2 fully saturated rings. The number of thioether (sulfide) groups is 1. The number of thiazole rings is 1. The summed E-state index contributed by atoms with van der Waals surface area (Å²) in [6.45, 7) is 4.57. The lowest BCUT2D eigenvalue weighted by atomic mass is 9.80. The van der Waals surface area contributed by atoms with Gasteiger partial charge in [0, 0.05) is 46.5 Å². The number of rotatable bonds is 12. The van der Waals surface area contributed by atoms with Gasteiger partial charge in [-0.25, -0.2) is 9.78 Å². The van der Waals surface area contributed by atoms with Gasteiger partial charge in [0.05, 0.1) is 0 Å². The standard InChI is InChI=1S/C39H34N6O6S2/c1-2-19-44-20-18-24(34(44)47)21-25-22-52-36-31(35(48)45(36)32(25)37(49)50)42-33(46)30(29-23-53-38(40)41-29)43-51-39(26-12-6-3-7-13-26,27-14-8-4-9-15-27)28-16-10-5-11-17-28/h2-17,21,23,31,36H,1,18-20,22H2,(H2,40,41)(H,42,46)(H,49,50)/t31-,36-/m1/s1. The summed E-state index contributed by atoms with van der Waals surface area (Å²) in [5.74, 6) is -2.66. The van der Waals surface area contributed by atoms with Crippen LogP contribution >= 0.6 is 23.1 Å². The third-order valence-corrected chi connectivity index (χ3v) is 11.2. The summed E-state index contributed by atoms with van der Waals surface area (Å²) in [7, 11) is 0. The number of likely N-dealkylation sites (tertiary alicyclic amines) is 1. The van der Waals surface area contributed by atoms with E-state index in [0.29, 0.717) is 30.7 Å². The average Bonchev–Trinajstić information content (AvgIpc) is 3.77. The van der Waals surface area contributed by atoms with Gasteiger partial charge in [0.25, 0.3) is 11.8 Å². The van der Waals surface area contributed by atoms with Crippen molar-refractivity contribution in [2.75, 3.05) is 24.6 Å². The van der Waals surface area contributed by atoms with E-state index in [1.165, 1.54) is 11.8 Å². The van der Waals surface area contributed by atoms with E-state index >= 15 is 0 Å². The molecule has 268 valence electrons. The Morgan fingerprint density at radius 3 is 2.15 bits per heavy atom. The maximum Gasteiger partial charge on any atom is 0.352 e. The number of nitrogens with one attached hydrogen (secondary N) is 1. The number of carboxylic acid groups (broad SMARTS) is 1. The number of allylic oxidation sites excluding steroid dienone is 1. The Kier molecular flexibility index (Phi) is 9.98. The summed E-state index contributed by atoms with van der Waals surface area (Å²) in [6.07, 6.45) is 3.66. The van der Waals surface area contributed by atoms with Gasteiger partial charge in [0.2, 0.25) is 11.5 Å². The molecule has 53 heavy (non-hydrogen) atoms. The van der Waals surface area contributed by atoms with Crippen LogP contribution in [0.2, 0.25) is 0 Å². The monoisotopic (exact) mass is 746 g/mol. The number of aliphatic carboxylic acids is 1. The molecule has 3 aliphatic heterocycles. The molecule has 0 radical (unpaired) electrons. The lowest BCUT2D eigenvalue weighted by Crippen LogP contribution is -2.71. The number of carbonyl (C=O) groups is 4. The van der Waals surface area contributed by atoms with Crippen LogP contribution in [0.3, 0.4) is 0 Å². The number of nitrogen functional groups attached to an aromatic ring is 1. The van der Waals surface area contributed by atoms with Gasteiger partial charge >= 0.3 is 5.97 Å². The molecule has 0 unspecified atom stereocenters. The molecule has 0 bridgehead atoms. The lowest BCUT2D eigenvalue weighted by molar-refractivity contribution is -0.150. The number of amides is 3. The normalized spacial score (nSPS) is 19.5. The number of hydrogen-bond donors (Lipinski definition) is 3. The number of β-lactam (4-membered cyclic amide) rings is 1. The fraction of sp³-hybridized carbons (Fsp3) is 0.179. The molecule has 0 saturated carbocycles. The minimum atomic E-state index is -1.31. The van der Waals surface area contributed by atoms with Gasteiger partial charge < -0.3 is 25.9 Å². The minimum Gasteiger partial charge on any atom is -0.477 e. The van der Waals surface area contributed by atoms with Crippen LogP contribution in [0.1, 0.15) is 28.8 Å². The zero-order chi connectivity index (χ0) is 37.1. The third kappa shape index (κ3) is 6.62. The van der Waals surface area contributed by atoms with E-state index < -0.39 is 34.8 Å². The topological polar surface area (TPSA) is 168 Å². The van der Waals surface area contributed by atoms with Crippen molar-refractivity contribution in [3.63, 3.8) is 0 Å². The molecular weight excluding hydrogens is 713 g/mol. The summed E-state index contributed by atoms with van der Waals surface area (Å²) >= 11 is 2.40. The van der Waals surface area contributed by atoms with Crippen LogP contribution in [0.15, 0.2) is 137 Å². The third-order valence-electron chi connectivity index (χ3n) is 9.19. The van der Waals surface area contributed by atoms with E-state index in [2.05, 4.69) is 22.0 Å². The van der Waals surface area contributed by atoms with Crippen LogP contribution in [0, 0.1) is 0 Å². The van der Waals surface area contributed by atoms with Crippen LogP contribution in [0.25, 0.3) is 0 Å². The molecule has 4 heterocycles. The second-order valence-corrected chi connectivity index (χ2v) is 14.4. The first kappa shape index (κ1) is 35.4. The highest BCUT2D eigenvalue weighted by atomic mass is 32.2. The van der Waals surface area contributed by atoms with Crippen LogP contribution in [0.5, 0.6) is 0 Å². The Balaban J connectivity index is 1.21. The minimum absolute atomic E-state index is 0.139. The number of benzene rings is 3. The first-order valence-corrected chi connectivity index (χ1v) is 18.6. The van der Waals surface area contributed by atoms with Crippen LogP contribution in [-0.4, -0.2) is 79.6 Å². The molecule has 7 rings (SSSR count). The molecule has 0 aliphatic carbocycles. The quantitative estimate of drug-likeness (QED) is 0.0472. The number of oxime groups is 1.